The Morgan fingerprint density at radius 1 is 1.19 bits per heavy atom. The van der Waals surface area contributed by atoms with Gasteiger partial charge in [-0.2, -0.15) is 5.10 Å². The number of hydrazone groups is 1. The number of anilines is 1. The van der Waals surface area contributed by atoms with E-state index in [4.69, 9.17) is 50.0 Å². The van der Waals surface area contributed by atoms with Crippen molar-refractivity contribution in [3.63, 3.8) is 0 Å². The number of nitrogens with two attached hydrogens (primary N) is 1. The number of carbonyl (C=O) groups excluding carboxylic acids is 1. The molecule has 1 aromatic carbocycles. The van der Waals surface area contributed by atoms with Crippen LogP contribution >= 0.6 is 34.8 Å². The van der Waals surface area contributed by atoms with Gasteiger partial charge in [-0.25, -0.2) is 10.4 Å². The Bertz CT molecular complexity index is 918. The Kier molecular flexibility index (Phi) is 5.41. The maximum atomic E-state index is 12.3. The zero-order valence-electron chi connectivity index (χ0n) is 13.5. The highest BCUT2D eigenvalue weighted by Gasteiger charge is 2.20. The normalized spacial score (nSPS) is 13.5. The molecule has 1 aromatic heterocycles. The third-order valence-electron chi connectivity index (χ3n) is 3.57. The monoisotopic (exact) mass is 414 g/mol. The fraction of sp³-hybridized carbons (Fsp3) is 0.188. The van der Waals surface area contributed by atoms with Crippen LogP contribution in [0.2, 0.25) is 15.2 Å². The standard InChI is InChI=1S/C16H13Cl3N4O3/c1-7(8-2-3-9-10(6-8)26-5-4-25-9)22-23-16(24)14-11(17)13(20)12(18)15(19)21-14/h2-3,6H,4-5H2,1H3,(H2,20,21)(H,23,24)/b22-7+. The lowest BCUT2D eigenvalue weighted by Crippen LogP contribution is -2.22. The molecule has 0 unspecified atom stereocenters. The predicted octanol–water partition coefficient (Wildman–Crippen LogP) is 3.55. The molecule has 0 bridgehead atoms. The maximum Gasteiger partial charge on any atom is 0.291 e. The lowest BCUT2D eigenvalue weighted by atomic mass is 10.1. The molecule has 26 heavy (non-hydrogen) atoms. The van der Waals surface area contributed by atoms with Crippen LogP contribution in [0.5, 0.6) is 11.5 Å². The second-order valence-corrected chi connectivity index (χ2v) is 6.40. The largest absolute Gasteiger partial charge is 0.486 e. The molecule has 1 aliphatic heterocycles. The van der Waals surface area contributed by atoms with Crippen molar-refractivity contribution in [2.24, 2.45) is 5.10 Å². The van der Waals surface area contributed by atoms with Crippen molar-refractivity contribution in [1.29, 1.82) is 0 Å². The summed E-state index contributed by atoms with van der Waals surface area (Å²) in [6.07, 6.45) is 0. The van der Waals surface area contributed by atoms with Gasteiger partial charge in [0.15, 0.2) is 22.3 Å². The van der Waals surface area contributed by atoms with Gasteiger partial charge in [0.25, 0.3) is 5.91 Å². The van der Waals surface area contributed by atoms with Crippen LogP contribution in [-0.2, 0) is 0 Å². The molecule has 10 heteroatoms. The quantitative estimate of drug-likeness (QED) is 0.454. The molecule has 0 aliphatic carbocycles. The van der Waals surface area contributed by atoms with E-state index < -0.39 is 5.91 Å². The van der Waals surface area contributed by atoms with Gasteiger partial charge < -0.3 is 15.2 Å². The van der Waals surface area contributed by atoms with E-state index in [2.05, 4.69) is 15.5 Å². The molecule has 1 aliphatic rings. The number of halogens is 3. The van der Waals surface area contributed by atoms with Crippen molar-refractivity contribution in [2.45, 2.75) is 6.92 Å². The fourth-order valence-electron chi connectivity index (χ4n) is 2.20. The van der Waals surface area contributed by atoms with E-state index in [0.717, 1.165) is 5.56 Å². The maximum absolute atomic E-state index is 12.3. The molecule has 0 saturated carbocycles. The average molecular weight is 416 g/mol. The Morgan fingerprint density at radius 2 is 1.88 bits per heavy atom. The summed E-state index contributed by atoms with van der Waals surface area (Å²) in [6, 6.07) is 5.37. The first-order valence-corrected chi connectivity index (χ1v) is 8.56. The third kappa shape index (κ3) is 3.65. The van der Waals surface area contributed by atoms with Gasteiger partial charge in [-0.05, 0) is 25.1 Å². The Balaban J connectivity index is 1.80. The number of hydrogen-bond donors (Lipinski definition) is 2. The molecular weight excluding hydrogens is 403 g/mol. The van der Waals surface area contributed by atoms with Crippen molar-refractivity contribution in [1.82, 2.24) is 10.4 Å². The first-order chi connectivity index (χ1) is 12.4. The lowest BCUT2D eigenvalue weighted by Gasteiger charge is -2.18. The van der Waals surface area contributed by atoms with Crippen LogP contribution in [0.25, 0.3) is 0 Å². The molecule has 0 atom stereocenters. The summed E-state index contributed by atoms with van der Waals surface area (Å²) in [4.78, 5) is 16.1. The number of pyridine rings is 1. The number of nitrogens with one attached hydrogen (secondary N) is 1. The number of hydrogen-bond acceptors (Lipinski definition) is 6. The van der Waals surface area contributed by atoms with Crippen LogP contribution in [0.4, 0.5) is 5.69 Å². The third-order valence-corrected chi connectivity index (χ3v) is 4.71. The number of rotatable bonds is 3. The zero-order chi connectivity index (χ0) is 18.8. The number of amides is 1. The number of ether oxygens (including phenoxy) is 2. The van der Waals surface area contributed by atoms with Gasteiger partial charge in [-0.1, -0.05) is 34.8 Å². The minimum absolute atomic E-state index is 0.0100. The molecule has 2 aromatic rings. The van der Waals surface area contributed by atoms with Gasteiger partial charge >= 0.3 is 0 Å². The summed E-state index contributed by atoms with van der Waals surface area (Å²) in [6.45, 7) is 2.71. The van der Waals surface area contributed by atoms with Crippen LogP contribution < -0.4 is 20.6 Å². The van der Waals surface area contributed by atoms with Crippen molar-refractivity contribution in [3.8, 4) is 11.5 Å². The summed E-state index contributed by atoms with van der Waals surface area (Å²) in [7, 11) is 0. The van der Waals surface area contributed by atoms with Gasteiger partial charge in [0.1, 0.15) is 18.2 Å². The molecular formula is C16H13Cl3N4O3. The molecule has 136 valence electrons. The minimum Gasteiger partial charge on any atom is -0.486 e. The van der Waals surface area contributed by atoms with E-state index in [1.165, 1.54) is 0 Å². The topological polar surface area (TPSA) is 98.8 Å². The molecule has 0 radical (unpaired) electrons. The summed E-state index contributed by atoms with van der Waals surface area (Å²) >= 11 is 17.7. The van der Waals surface area contributed by atoms with E-state index in [9.17, 15) is 4.79 Å². The second-order valence-electron chi connectivity index (χ2n) is 5.29. The molecule has 3 N–H and O–H groups in total. The molecule has 3 rings (SSSR count). The smallest absolute Gasteiger partial charge is 0.291 e. The van der Waals surface area contributed by atoms with Crippen LogP contribution in [0.1, 0.15) is 23.0 Å². The fourth-order valence-corrected chi connectivity index (χ4v) is 2.80. The Labute approximate surface area is 164 Å². The Hall–Kier alpha value is -2.22. The molecule has 2 heterocycles. The minimum atomic E-state index is -0.669. The van der Waals surface area contributed by atoms with Crippen LogP contribution in [0.3, 0.4) is 0 Å². The number of nitrogen functional groups attached to an aromatic ring is 1. The van der Waals surface area contributed by atoms with Gasteiger partial charge in [0.05, 0.1) is 16.4 Å². The predicted molar refractivity (Wildman–Crippen MR) is 101 cm³/mol. The van der Waals surface area contributed by atoms with E-state index in [0.29, 0.717) is 30.4 Å². The van der Waals surface area contributed by atoms with Crippen molar-refractivity contribution < 1.29 is 14.3 Å². The highest BCUT2D eigenvalue weighted by molar-refractivity contribution is 6.46. The molecule has 0 fully saturated rings. The van der Waals surface area contributed by atoms with E-state index >= 15 is 0 Å². The number of carbonyl (C=O) groups is 1. The highest BCUT2D eigenvalue weighted by Crippen LogP contribution is 2.34. The van der Waals surface area contributed by atoms with Crippen LogP contribution in [-0.4, -0.2) is 29.8 Å². The van der Waals surface area contributed by atoms with Gasteiger partial charge in [0, 0.05) is 5.56 Å². The molecule has 0 saturated heterocycles. The highest BCUT2D eigenvalue weighted by atomic mass is 35.5. The van der Waals surface area contributed by atoms with Gasteiger partial charge in [0.2, 0.25) is 0 Å². The zero-order valence-corrected chi connectivity index (χ0v) is 15.7. The summed E-state index contributed by atoms with van der Waals surface area (Å²) in [5.41, 5.74) is 9.17. The average Bonchev–Trinajstić information content (AvgIpc) is 2.66. The van der Waals surface area contributed by atoms with Gasteiger partial charge in [-0.3, -0.25) is 4.79 Å². The van der Waals surface area contributed by atoms with Gasteiger partial charge in [-0.15, -0.1) is 0 Å². The first-order valence-electron chi connectivity index (χ1n) is 7.43. The Morgan fingerprint density at radius 3 is 2.62 bits per heavy atom. The molecule has 1 amide bonds. The van der Waals surface area contributed by atoms with Crippen molar-refractivity contribution in [3.05, 3.63) is 44.7 Å². The van der Waals surface area contributed by atoms with Crippen LogP contribution in [0, 0.1) is 0 Å². The van der Waals surface area contributed by atoms with E-state index in [1.54, 1.807) is 25.1 Å². The van der Waals surface area contributed by atoms with Crippen LogP contribution in [0.15, 0.2) is 23.3 Å². The molecule has 7 nitrogen and oxygen atoms in total. The SMILES string of the molecule is C/C(=N\NC(=O)c1nc(Cl)c(Cl)c(N)c1Cl)c1ccc2c(c1)OCCO2. The summed E-state index contributed by atoms with van der Waals surface area (Å²) in [5, 5.41) is 3.83. The number of benzene rings is 1. The number of aromatic nitrogens is 1. The van der Waals surface area contributed by atoms with Crippen molar-refractivity contribution >= 4 is 52.1 Å². The number of fused-ring (bicyclic) bond motifs is 1. The molecule has 0 spiro atoms. The van der Waals surface area contributed by atoms with Crippen molar-refractivity contribution in [2.75, 3.05) is 18.9 Å². The second kappa shape index (κ2) is 7.57. The first kappa shape index (κ1) is 18.6. The summed E-state index contributed by atoms with van der Waals surface area (Å²) in [5.74, 6) is 0.618. The number of nitrogens with zero attached hydrogens (tertiary/aromatic N) is 2. The lowest BCUT2D eigenvalue weighted by molar-refractivity contribution is 0.0950. The van der Waals surface area contributed by atoms with E-state index in [1.807, 2.05) is 0 Å². The van der Waals surface area contributed by atoms with E-state index in [-0.39, 0.29) is 26.6 Å². The summed E-state index contributed by atoms with van der Waals surface area (Å²) < 4.78 is 11.0.